The molecule has 1 rings (SSSR count). The average Bonchev–Trinajstić information content (AvgIpc) is 2.71. The molecule has 0 saturated heterocycles. The second-order valence-corrected chi connectivity index (χ2v) is 5.18. The van der Waals surface area contributed by atoms with Crippen LogP contribution in [0.2, 0.25) is 0 Å². The van der Waals surface area contributed by atoms with Gasteiger partial charge in [-0.25, -0.2) is 0 Å². The summed E-state index contributed by atoms with van der Waals surface area (Å²) in [5, 5.41) is 3.78. The molecule has 0 aliphatic rings. The Morgan fingerprint density at radius 2 is 1.95 bits per heavy atom. The van der Waals surface area contributed by atoms with Crippen molar-refractivity contribution in [1.29, 1.82) is 0 Å². The lowest BCUT2D eigenvalue weighted by molar-refractivity contribution is -0.131. The van der Waals surface area contributed by atoms with Crippen molar-refractivity contribution in [2.24, 2.45) is 0 Å². The molecule has 1 amide bonds. The molecule has 1 unspecified atom stereocenters. The predicted molar refractivity (Wildman–Crippen MR) is 77.9 cm³/mol. The average molecular weight is 283 g/mol. The third kappa shape index (κ3) is 3.53. The highest BCUT2D eigenvalue weighted by molar-refractivity contribution is 7.10. The SMILES string of the molecule is CCN(CC)C(=O)C(C)Nc1snc(C)c1C(C)=O. The number of nitrogens with one attached hydrogen (secondary N) is 1. The van der Waals surface area contributed by atoms with Gasteiger partial charge in [0.1, 0.15) is 11.0 Å². The molecular weight excluding hydrogens is 262 g/mol. The van der Waals surface area contributed by atoms with E-state index in [-0.39, 0.29) is 17.7 Å². The molecule has 1 heterocycles. The maximum absolute atomic E-state index is 12.2. The largest absolute Gasteiger partial charge is 0.364 e. The highest BCUT2D eigenvalue weighted by Crippen LogP contribution is 2.25. The van der Waals surface area contributed by atoms with Gasteiger partial charge in [0.2, 0.25) is 5.91 Å². The van der Waals surface area contributed by atoms with Crippen molar-refractivity contribution in [2.45, 2.75) is 40.7 Å². The van der Waals surface area contributed by atoms with Gasteiger partial charge in [-0.05, 0) is 46.2 Å². The number of hydrogen-bond acceptors (Lipinski definition) is 5. The van der Waals surface area contributed by atoms with Crippen molar-refractivity contribution < 1.29 is 9.59 Å². The van der Waals surface area contributed by atoms with E-state index in [1.54, 1.807) is 18.7 Å². The summed E-state index contributed by atoms with van der Waals surface area (Å²) in [7, 11) is 0. The van der Waals surface area contributed by atoms with Gasteiger partial charge in [0.15, 0.2) is 5.78 Å². The summed E-state index contributed by atoms with van der Waals surface area (Å²) < 4.78 is 4.17. The lowest BCUT2D eigenvalue weighted by Crippen LogP contribution is -2.41. The van der Waals surface area contributed by atoms with Gasteiger partial charge in [0, 0.05) is 13.1 Å². The van der Waals surface area contributed by atoms with Gasteiger partial charge in [0.25, 0.3) is 0 Å². The van der Waals surface area contributed by atoms with Gasteiger partial charge >= 0.3 is 0 Å². The molecule has 6 heteroatoms. The van der Waals surface area contributed by atoms with Crippen LogP contribution in [-0.2, 0) is 4.79 Å². The summed E-state index contributed by atoms with van der Waals surface area (Å²) in [6, 6.07) is -0.363. The maximum atomic E-state index is 12.2. The number of likely N-dealkylation sites (N-methyl/N-ethyl adjacent to an activating group) is 1. The Balaban J connectivity index is 2.85. The molecule has 5 nitrogen and oxygen atoms in total. The molecule has 1 aromatic rings. The molecule has 106 valence electrons. The zero-order chi connectivity index (χ0) is 14.6. The lowest BCUT2D eigenvalue weighted by atomic mass is 10.1. The zero-order valence-corrected chi connectivity index (χ0v) is 12.9. The van der Waals surface area contributed by atoms with E-state index in [1.165, 1.54) is 18.5 Å². The van der Waals surface area contributed by atoms with Crippen LogP contribution < -0.4 is 5.32 Å². The van der Waals surface area contributed by atoms with Gasteiger partial charge in [-0.3, -0.25) is 9.59 Å². The molecule has 0 aliphatic carbocycles. The molecule has 0 aromatic carbocycles. The van der Waals surface area contributed by atoms with E-state index in [0.29, 0.717) is 29.3 Å². The molecule has 19 heavy (non-hydrogen) atoms. The fraction of sp³-hybridized carbons (Fsp3) is 0.615. The van der Waals surface area contributed by atoms with Crippen LogP contribution >= 0.6 is 11.5 Å². The van der Waals surface area contributed by atoms with Crippen LogP contribution in [0.4, 0.5) is 5.00 Å². The Labute approximate surface area is 118 Å². The molecule has 0 spiro atoms. The first-order chi connectivity index (χ1) is 8.92. The number of carbonyl (C=O) groups is 2. The lowest BCUT2D eigenvalue weighted by Gasteiger charge is -2.23. The predicted octanol–water partition coefficient (Wildman–Crippen LogP) is 2.32. The molecular formula is C13H21N3O2S. The Hall–Kier alpha value is -1.43. The van der Waals surface area contributed by atoms with Crippen LogP contribution in [0.25, 0.3) is 0 Å². The summed E-state index contributed by atoms with van der Waals surface area (Å²) in [6.07, 6.45) is 0. The smallest absolute Gasteiger partial charge is 0.244 e. The van der Waals surface area contributed by atoms with E-state index < -0.39 is 0 Å². The van der Waals surface area contributed by atoms with Crippen LogP contribution in [0.1, 0.15) is 43.7 Å². The standard InChI is InChI=1S/C13H21N3O2S/c1-6-16(7-2)13(18)9(4)14-12-11(10(5)17)8(3)15-19-12/h9,14H,6-7H2,1-5H3. The number of amides is 1. The number of nitrogens with zero attached hydrogens (tertiary/aromatic N) is 2. The second-order valence-electron chi connectivity index (χ2n) is 4.40. The molecule has 0 saturated carbocycles. The number of Topliss-reactive ketones (excluding diaryl/α,β-unsaturated/α-hetero) is 1. The molecule has 0 bridgehead atoms. The molecule has 1 aromatic heterocycles. The highest BCUT2D eigenvalue weighted by atomic mass is 32.1. The van der Waals surface area contributed by atoms with E-state index in [1.807, 2.05) is 13.8 Å². The number of aryl methyl sites for hydroxylation is 1. The van der Waals surface area contributed by atoms with E-state index in [4.69, 9.17) is 0 Å². The van der Waals surface area contributed by atoms with Crippen molar-refractivity contribution in [3.63, 3.8) is 0 Å². The Morgan fingerprint density at radius 1 is 1.37 bits per heavy atom. The minimum atomic E-state index is -0.363. The summed E-state index contributed by atoms with van der Waals surface area (Å²) in [5.41, 5.74) is 1.30. The van der Waals surface area contributed by atoms with Gasteiger partial charge in [-0.2, -0.15) is 4.37 Å². The highest BCUT2D eigenvalue weighted by Gasteiger charge is 2.22. The van der Waals surface area contributed by atoms with Crippen molar-refractivity contribution in [3.8, 4) is 0 Å². The van der Waals surface area contributed by atoms with Crippen molar-refractivity contribution in [2.75, 3.05) is 18.4 Å². The quantitative estimate of drug-likeness (QED) is 0.814. The summed E-state index contributed by atoms with van der Waals surface area (Å²) >= 11 is 1.22. The summed E-state index contributed by atoms with van der Waals surface area (Å²) in [5.74, 6) is 0.00166. The van der Waals surface area contributed by atoms with Crippen LogP contribution in [-0.4, -0.2) is 40.1 Å². The number of aromatic nitrogens is 1. The topological polar surface area (TPSA) is 62.3 Å². The number of rotatable bonds is 6. The van der Waals surface area contributed by atoms with Crippen molar-refractivity contribution in [1.82, 2.24) is 9.27 Å². The number of ketones is 1. The fourth-order valence-electron chi connectivity index (χ4n) is 1.95. The zero-order valence-electron chi connectivity index (χ0n) is 12.1. The van der Waals surface area contributed by atoms with E-state index in [9.17, 15) is 9.59 Å². The number of hydrogen-bond donors (Lipinski definition) is 1. The maximum Gasteiger partial charge on any atom is 0.244 e. The summed E-state index contributed by atoms with van der Waals surface area (Å²) in [6.45, 7) is 10.4. The first-order valence-electron chi connectivity index (χ1n) is 6.44. The van der Waals surface area contributed by atoms with Crippen LogP contribution in [0.5, 0.6) is 0 Å². The molecule has 0 aliphatic heterocycles. The van der Waals surface area contributed by atoms with Crippen molar-refractivity contribution in [3.05, 3.63) is 11.3 Å². The fourth-order valence-corrected chi connectivity index (χ4v) is 2.88. The number of anilines is 1. The Bertz CT molecular complexity index is 466. The number of carbonyl (C=O) groups excluding carboxylic acids is 2. The van der Waals surface area contributed by atoms with E-state index in [0.717, 1.165) is 0 Å². The van der Waals surface area contributed by atoms with Gasteiger partial charge in [-0.15, -0.1) is 0 Å². The minimum absolute atomic E-state index is 0.0313. The van der Waals surface area contributed by atoms with Crippen molar-refractivity contribution >= 4 is 28.2 Å². The molecule has 1 N–H and O–H groups in total. The normalized spacial score (nSPS) is 12.1. The molecule has 0 radical (unpaired) electrons. The first kappa shape index (κ1) is 15.6. The Morgan fingerprint density at radius 3 is 2.42 bits per heavy atom. The van der Waals surface area contributed by atoms with Gasteiger partial charge in [0.05, 0.1) is 11.3 Å². The van der Waals surface area contributed by atoms with E-state index in [2.05, 4.69) is 9.69 Å². The van der Waals surface area contributed by atoms with Crippen LogP contribution in [0, 0.1) is 6.92 Å². The van der Waals surface area contributed by atoms with Crippen LogP contribution in [0.15, 0.2) is 0 Å². The second kappa shape index (κ2) is 6.65. The third-order valence-electron chi connectivity index (χ3n) is 3.01. The van der Waals surface area contributed by atoms with Crippen LogP contribution in [0.3, 0.4) is 0 Å². The first-order valence-corrected chi connectivity index (χ1v) is 7.22. The third-order valence-corrected chi connectivity index (χ3v) is 3.88. The summed E-state index contributed by atoms with van der Waals surface area (Å²) in [4.78, 5) is 25.5. The molecule has 1 atom stereocenters. The van der Waals surface area contributed by atoms with Gasteiger partial charge < -0.3 is 10.2 Å². The van der Waals surface area contributed by atoms with E-state index >= 15 is 0 Å². The minimum Gasteiger partial charge on any atom is -0.364 e. The molecule has 0 fully saturated rings. The van der Waals surface area contributed by atoms with Gasteiger partial charge in [-0.1, -0.05) is 0 Å². The monoisotopic (exact) mass is 283 g/mol. The Kier molecular flexibility index (Phi) is 5.47.